The van der Waals surface area contributed by atoms with Gasteiger partial charge in [0.15, 0.2) is 11.5 Å². The van der Waals surface area contributed by atoms with E-state index in [1.807, 2.05) is 12.1 Å². The average molecular weight is 344 g/mol. The number of piperidine rings is 1. The standard InChI is InChI=1S/C20H28N2O3/c23-20(15-8-9-18-19(12-15)25-14-24-18)21-17-7-3-2-6-16(17)13-22-10-4-1-5-11-22/h8-9,12,16-17H,1-7,10-11,13-14H2,(H,21,23)/t16-,17+/m0/s1. The number of ether oxygens (including phenoxy) is 2. The van der Waals surface area contributed by atoms with Crippen LogP contribution in [0.1, 0.15) is 55.3 Å². The Hall–Kier alpha value is -1.75. The Kier molecular flexibility index (Phi) is 5.11. The summed E-state index contributed by atoms with van der Waals surface area (Å²) >= 11 is 0. The number of hydrogen-bond donors (Lipinski definition) is 1. The minimum atomic E-state index is 0.00819. The molecule has 25 heavy (non-hydrogen) atoms. The second kappa shape index (κ2) is 7.65. The van der Waals surface area contributed by atoms with Gasteiger partial charge in [0.2, 0.25) is 6.79 Å². The number of carbonyl (C=O) groups excluding carboxylic acids is 1. The first-order chi connectivity index (χ1) is 12.3. The zero-order valence-electron chi connectivity index (χ0n) is 14.8. The molecule has 3 aliphatic rings. The molecule has 1 aliphatic carbocycles. The number of carbonyl (C=O) groups is 1. The number of nitrogens with one attached hydrogen (secondary N) is 1. The van der Waals surface area contributed by atoms with Gasteiger partial charge in [0.25, 0.3) is 5.91 Å². The topological polar surface area (TPSA) is 50.8 Å². The van der Waals surface area contributed by atoms with Gasteiger partial charge < -0.3 is 19.7 Å². The second-order valence-corrected chi connectivity index (χ2v) is 7.55. The number of likely N-dealkylation sites (tertiary alicyclic amines) is 1. The van der Waals surface area contributed by atoms with Crippen molar-refractivity contribution in [2.24, 2.45) is 5.92 Å². The highest BCUT2D eigenvalue weighted by Crippen LogP contribution is 2.33. The molecule has 5 heteroatoms. The van der Waals surface area contributed by atoms with E-state index in [-0.39, 0.29) is 18.7 Å². The quantitative estimate of drug-likeness (QED) is 0.911. The molecule has 0 unspecified atom stereocenters. The van der Waals surface area contributed by atoms with E-state index in [2.05, 4.69) is 10.2 Å². The first kappa shape index (κ1) is 16.7. The molecule has 2 aliphatic heterocycles. The van der Waals surface area contributed by atoms with E-state index in [1.165, 1.54) is 51.6 Å². The Morgan fingerprint density at radius 2 is 1.84 bits per heavy atom. The third kappa shape index (κ3) is 3.92. The Labute approximate surface area is 149 Å². The van der Waals surface area contributed by atoms with Gasteiger partial charge in [-0.05, 0) is 62.9 Å². The molecular formula is C20H28N2O3. The SMILES string of the molecule is O=C(N[C@@H]1CCCC[C@H]1CN1CCCCC1)c1ccc2c(c1)OCO2. The summed E-state index contributed by atoms with van der Waals surface area (Å²) in [6.07, 6.45) is 8.82. The highest BCUT2D eigenvalue weighted by Gasteiger charge is 2.29. The van der Waals surface area contributed by atoms with Gasteiger partial charge in [-0.3, -0.25) is 4.79 Å². The van der Waals surface area contributed by atoms with Crippen LogP contribution in [0, 0.1) is 5.92 Å². The van der Waals surface area contributed by atoms with Crippen molar-refractivity contribution in [3.63, 3.8) is 0 Å². The van der Waals surface area contributed by atoms with E-state index < -0.39 is 0 Å². The molecule has 136 valence electrons. The van der Waals surface area contributed by atoms with Crippen LogP contribution in [0.2, 0.25) is 0 Å². The maximum Gasteiger partial charge on any atom is 0.251 e. The number of amides is 1. The molecule has 1 aromatic rings. The zero-order chi connectivity index (χ0) is 17.1. The predicted molar refractivity (Wildman–Crippen MR) is 96.1 cm³/mol. The number of fused-ring (bicyclic) bond motifs is 1. The summed E-state index contributed by atoms with van der Waals surface area (Å²) in [4.78, 5) is 15.3. The summed E-state index contributed by atoms with van der Waals surface area (Å²) in [6, 6.07) is 5.73. The second-order valence-electron chi connectivity index (χ2n) is 7.55. The van der Waals surface area contributed by atoms with Gasteiger partial charge in [0.1, 0.15) is 0 Å². The van der Waals surface area contributed by atoms with Gasteiger partial charge in [0.05, 0.1) is 0 Å². The lowest BCUT2D eigenvalue weighted by atomic mass is 9.83. The summed E-state index contributed by atoms with van der Waals surface area (Å²) in [7, 11) is 0. The molecule has 0 radical (unpaired) electrons. The molecule has 2 heterocycles. The third-order valence-corrected chi connectivity index (χ3v) is 5.80. The molecular weight excluding hydrogens is 316 g/mol. The maximum absolute atomic E-state index is 12.7. The summed E-state index contributed by atoms with van der Waals surface area (Å²) < 4.78 is 10.7. The third-order valence-electron chi connectivity index (χ3n) is 5.80. The van der Waals surface area contributed by atoms with Crippen LogP contribution in [0.15, 0.2) is 18.2 Å². The van der Waals surface area contributed by atoms with Crippen molar-refractivity contribution in [1.82, 2.24) is 10.2 Å². The molecule has 2 fully saturated rings. The molecule has 0 spiro atoms. The monoisotopic (exact) mass is 344 g/mol. The van der Waals surface area contributed by atoms with E-state index in [0.717, 1.165) is 18.7 Å². The van der Waals surface area contributed by atoms with Gasteiger partial charge >= 0.3 is 0 Å². The molecule has 1 aromatic carbocycles. The minimum absolute atomic E-state index is 0.00819. The van der Waals surface area contributed by atoms with Crippen molar-refractivity contribution >= 4 is 5.91 Å². The summed E-state index contributed by atoms with van der Waals surface area (Å²) in [5.74, 6) is 1.97. The Balaban J connectivity index is 1.39. The number of benzene rings is 1. The lowest BCUT2D eigenvalue weighted by Gasteiger charge is -2.37. The fraction of sp³-hybridized carbons (Fsp3) is 0.650. The van der Waals surface area contributed by atoms with Crippen LogP contribution >= 0.6 is 0 Å². The van der Waals surface area contributed by atoms with E-state index in [9.17, 15) is 4.79 Å². The molecule has 0 bridgehead atoms. The highest BCUT2D eigenvalue weighted by molar-refractivity contribution is 5.95. The molecule has 2 atom stereocenters. The fourth-order valence-corrected chi connectivity index (χ4v) is 4.38. The summed E-state index contributed by atoms with van der Waals surface area (Å²) in [5.41, 5.74) is 0.659. The Morgan fingerprint density at radius 3 is 2.72 bits per heavy atom. The molecule has 1 saturated heterocycles. The van der Waals surface area contributed by atoms with Crippen molar-refractivity contribution in [2.45, 2.75) is 51.0 Å². The zero-order valence-corrected chi connectivity index (χ0v) is 14.8. The molecule has 4 rings (SSSR count). The predicted octanol–water partition coefficient (Wildman–Crippen LogP) is 3.19. The van der Waals surface area contributed by atoms with Crippen LogP contribution in [-0.2, 0) is 0 Å². The maximum atomic E-state index is 12.7. The minimum Gasteiger partial charge on any atom is -0.454 e. The van der Waals surface area contributed by atoms with Crippen molar-refractivity contribution in [3.8, 4) is 11.5 Å². The molecule has 0 aromatic heterocycles. The number of nitrogens with zero attached hydrogens (tertiary/aromatic N) is 1. The number of rotatable bonds is 4. The van der Waals surface area contributed by atoms with Crippen LogP contribution in [0.5, 0.6) is 11.5 Å². The average Bonchev–Trinajstić information content (AvgIpc) is 3.12. The lowest BCUT2D eigenvalue weighted by Crippen LogP contribution is -2.47. The Bertz CT molecular complexity index is 613. The van der Waals surface area contributed by atoms with Crippen molar-refractivity contribution in [3.05, 3.63) is 23.8 Å². The first-order valence-corrected chi connectivity index (χ1v) is 9.72. The van der Waals surface area contributed by atoms with Crippen LogP contribution in [0.4, 0.5) is 0 Å². The van der Waals surface area contributed by atoms with E-state index >= 15 is 0 Å². The van der Waals surface area contributed by atoms with Crippen LogP contribution in [0.3, 0.4) is 0 Å². The van der Waals surface area contributed by atoms with Gasteiger partial charge in [-0.15, -0.1) is 0 Å². The summed E-state index contributed by atoms with van der Waals surface area (Å²) in [6.45, 7) is 3.81. The molecule has 1 amide bonds. The normalized spacial score (nSPS) is 26.4. The lowest BCUT2D eigenvalue weighted by molar-refractivity contribution is 0.0877. The molecule has 5 nitrogen and oxygen atoms in total. The Morgan fingerprint density at radius 1 is 1.04 bits per heavy atom. The van der Waals surface area contributed by atoms with Crippen LogP contribution in [0.25, 0.3) is 0 Å². The largest absolute Gasteiger partial charge is 0.454 e. The highest BCUT2D eigenvalue weighted by atomic mass is 16.7. The fourth-order valence-electron chi connectivity index (χ4n) is 4.38. The van der Waals surface area contributed by atoms with Gasteiger partial charge in [-0.25, -0.2) is 0 Å². The van der Waals surface area contributed by atoms with E-state index in [1.54, 1.807) is 6.07 Å². The van der Waals surface area contributed by atoms with Crippen molar-refractivity contribution in [2.75, 3.05) is 26.4 Å². The van der Waals surface area contributed by atoms with Crippen LogP contribution < -0.4 is 14.8 Å². The van der Waals surface area contributed by atoms with Crippen molar-refractivity contribution < 1.29 is 14.3 Å². The van der Waals surface area contributed by atoms with Gasteiger partial charge in [-0.1, -0.05) is 19.3 Å². The van der Waals surface area contributed by atoms with E-state index in [0.29, 0.717) is 17.2 Å². The summed E-state index contributed by atoms with van der Waals surface area (Å²) in [5, 5.41) is 3.30. The van der Waals surface area contributed by atoms with Gasteiger partial charge in [0, 0.05) is 18.2 Å². The first-order valence-electron chi connectivity index (χ1n) is 9.72. The number of hydrogen-bond acceptors (Lipinski definition) is 4. The van der Waals surface area contributed by atoms with Crippen molar-refractivity contribution in [1.29, 1.82) is 0 Å². The van der Waals surface area contributed by atoms with Gasteiger partial charge in [-0.2, -0.15) is 0 Å². The molecule has 1 N–H and O–H groups in total. The smallest absolute Gasteiger partial charge is 0.251 e. The van der Waals surface area contributed by atoms with Crippen LogP contribution in [-0.4, -0.2) is 43.3 Å². The molecule has 1 saturated carbocycles. The van der Waals surface area contributed by atoms with E-state index in [4.69, 9.17) is 9.47 Å².